The lowest BCUT2D eigenvalue weighted by atomic mass is 9.98. The summed E-state index contributed by atoms with van der Waals surface area (Å²) in [6.07, 6.45) is 0.415. The van der Waals surface area contributed by atoms with Crippen molar-refractivity contribution >= 4 is 40.6 Å². The number of halogens is 4. The Bertz CT molecular complexity index is 1460. The fourth-order valence-corrected chi connectivity index (χ4v) is 4.32. The molecule has 1 aliphatic rings. The van der Waals surface area contributed by atoms with Crippen LogP contribution in [-0.4, -0.2) is 23.4 Å². The number of anilines is 1. The minimum atomic E-state index is -2.91. The first kappa shape index (κ1) is 26.5. The van der Waals surface area contributed by atoms with Crippen LogP contribution in [0, 0.1) is 0 Å². The molecule has 0 aliphatic carbocycles. The van der Waals surface area contributed by atoms with Crippen LogP contribution < -0.4 is 14.8 Å². The second-order valence-corrected chi connectivity index (χ2v) is 9.45. The van der Waals surface area contributed by atoms with E-state index in [0.29, 0.717) is 44.9 Å². The molecular formula is C29H21Cl2F2N3O3. The third kappa shape index (κ3) is 6.66. The minimum Gasteiger partial charge on any atom is -0.457 e. The number of hydrogen-bond donors (Lipinski definition) is 1. The molecule has 6 nitrogen and oxygen atoms in total. The molecular weight excluding hydrogens is 547 g/mol. The molecule has 10 heteroatoms. The van der Waals surface area contributed by atoms with E-state index in [2.05, 4.69) is 15.2 Å². The van der Waals surface area contributed by atoms with Crippen molar-refractivity contribution in [3.05, 3.63) is 118 Å². The summed E-state index contributed by atoms with van der Waals surface area (Å²) in [5.74, 6) is 1.27. The van der Waals surface area contributed by atoms with Gasteiger partial charge in [0, 0.05) is 22.2 Å². The smallest absolute Gasteiger partial charge is 0.387 e. The highest BCUT2D eigenvalue weighted by atomic mass is 35.5. The largest absolute Gasteiger partial charge is 0.457 e. The van der Waals surface area contributed by atoms with Crippen molar-refractivity contribution in [1.82, 2.24) is 5.01 Å². The molecule has 0 spiro atoms. The van der Waals surface area contributed by atoms with Gasteiger partial charge in [0.1, 0.15) is 17.2 Å². The molecule has 0 bridgehead atoms. The first-order chi connectivity index (χ1) is 18.8. The van der Waals surface area contributed by atoms with Crippen molar-refractivity contribution in [2.75, 3.05) is 5.32 Å². The molecule has 0 radical (unpaired) electrons. The van der Waals surface area contributed by atoms with Gasteiger partial charge in [-0.25, -0.2) is 9.80 Å². The summed E-state index contributed by atoms with van der Waals surface area (Å²) in [7, 11) is 0. The quantitative estimate of drug-likeness (QED) is 0.243. The number of ether oxygens (including phenoxy) is 2. The van der Waals surface area contributed by atoms with E-state index in [1.807, 2.05) is 12.1 Å². The van der Waals surface area contributed by atoms with Crippen molar-refractivity contribution in [2.24, 2.45) is 5.10 Å². The van der Waals surface area contributed by atoms with Gasteiger partial charge in [0.25, 0.3) is 0 Å². The van der Waals surface area contributed by atoms with Crippen LogP contribution in [0.4, 0.5) is 19.3 Å². The zero-order valence-corrected chi connectivity index (χ0v) is 21.7. The highest BCUT2D eigenvalue weighted by Gasteiger charge is 2.33. The number of carbonyl (C=O) groups excluding carboxylic acids is 1. The molecule has 2 amide bonds. The summed E-state index contributed by atoms with van der Waals surface area (Å²) >= 11 is 12.0. The first-order valence-electron chi connectivity index (χ1n) is 11.9. The van der Waals surface area contributed by atoms with Gasteiger partial charge in [-0.2, -0.15) is 13.9 Å². The summed E-state index contributed by atoms with van der Waals surface area (Å²) in [4.78, 5) is 13.4. The second-order valence-electron chi connectivity index (χ2n) is 8.58. The number of nitrogens with one attached hydrogen (secondary N) is 1. The van der Waals surface area contributed by atoms with Gasteiger partial charge < -0.3 is 14.8 Å². The number of hydrazone groups is 1. The van der Waals surface area contributed by atoms with Crippen LogP contribution in [-0.2, 0) is 0 Å². The van der Waals surface area contributed by atoms with E-state index in [1.165, 1.54) is 17.1 Å². The number of carbonyl (C=O) groups is 1. The highest BCUT2D eigenvalue weighted by molar-refractivity contribution is 6.30. The summed E-state index contributed by atoms with van der Waals surface area (Å²) in [5.41, 5.74) is 2.71. The number of hydrogen-bond acceptors (Lipinski definition) is 4. The lowest BCUT2D eigenvalue weighted by Gasteiger charge is -2.22. The Morgan fingerprint density at radius 2 is 1.36 bits per heavy atom. The molecule has 39 heavy (non-hydrogen) atoms. The molecule has 1 heterocycles. The average molecular weight is 568 g/mol. The Hall–Kier alpha value is -4.14. The van der Waals surface area contributed by atoms with Gasteiger partial charge >= 0.3 is 12.6 Å². The van der Waals surface area contributed by atoms with Crippen LogP contribution >= 0.6 is 23.2 Å². The van der Waals surface area contributed by atoms with Crippen LogP contribution in [0.5, 0.6) is 17.2 Å². The van der Waals surface area contributed by atoms with Gasteiger partial charge in [0.2, 0.25) is 0 Å². The topological polar surface area (TPSA) is 63.2 Å². The lowest BCUT2D eigenvalue weighted by molar-refractivity contribution is -0.0498. The molecule has 198 valence electrons. The van der Waals surface area contributed by atoms with Gasteiger partial charge in [-0.15, -0.1) is 0 Å². The number of alkyl halides is 2. The maximum atomic E-state index is 13.4. The Kier molecular flexibility index (Phi) is 7.95. The Morgan fingerprint density at radius 1 is 0.821 bits per heavy atom. The maximum absolute atomic E-state index is 13.4. The third-order valence-electron chi connectivity index (χ3n) is 5.94. The number of amides is 2. The van der Waals surface area contributed by atoms with Gasteiger partial charge in [0.15, 0.2) is 0 Å². The number of benzene rings is 4. The predicted molar refractivity (Wildman–Crippen MR) is 147 cm³/mol. The second kappa shape index (κ2) is 11.7. The van der Waals surface area contributed by atoms with Crippen molar-refractivity contribution in [3.8, 4) is 17.2 Å². The standard InChI is InChI=1S/C29H21Cl2F2N3O3/c30-20-5-1-19(2-6-20)27-17-26(18-3-11-25(12-4-18)39-28(32)33)35-36(27)29(37)34-22-9-15-24(16-10-22)38-23-13-7-21(31)8-14-23/h1-16,27-28H,17H2,(H,34,37). The summed E-state index contributed by atoms with van der Waals surface area (Å²) in [6, 6.07) is 26.4. The third-order valence-corrected chi connectivity index (χ3v) is 6.44. The first-order valence-corrected chi connectivity index (χ1v) is 12.6. The molecule has 4 aromatic carbocycles. The van der Waals surface area contributed by atoms with E-state index in [1.54, 1.807) is 72.8 Å². The van der Waals surface area contributed by atoms with Crippen molar-refractivity contribution in [1.29, 1.82) is 0 Å². The van der Waals surface area contributed by atoms with E-state index in [4.69, 9.17) is 27.9 Å². The predicted octanol–water partition coefficient (Wildman–Crippen LogP) is 8.77. The molecule has 0 aromatic heterocycles. The molecule has 0 fully saturated rings. The zero-order valence-electron chi connectivity index (χ0n) is 20.2. The van der Waals surface area contributed by atoms with Crippen molar-refractivity contribution in [3.63, 3.8) is 0 Å². The Balaban J connectivity index is 1.33. The molecule has 1 aliphatic heterocycles. The van der Waals surface area contributed by atoms with Crippen LogP contribution in [0.15, 0.2) is 102 Å². The monoisotopic (exact) mass is 567 g/mol. The van der Waals surface area contributed by atoms with E-state index >= 15 is 0 Å². The molecule has 1 N–H and O–H groups in total. The molecule has 4 aromatic rings. The van der Waals surface area contributed by atoms with E-state index in [-0.39, 0.29) is 5.75 Å². The Labute approximate surface area is 233 Å². The zero-order chi connectivity index (χ0) is 27.4. The van der Waals surface area contributed by atoms with Crippen LogP contribution in [0.3, 0.4) is 0 Å². The lowest BCUT2D eigenvalue weighted by Crippen LogP contribution is -2.31. The Morgan fingerprint density at radius 3 is 1.95 bits per heavy atom. The van der Waals surface area contributed by atoms with Gasteiger partial charge in [0.05, 0.1) is 11.8 Å². The highest BCUT2D eigenvalue weighted by Crippen LogP contribution is 2.34. The van der Waals surface area contributed by atoms with E-state index < -0.39 is 18.7 Å². The van der Waals surface area contributed by atoms with Crippen molar-refractivity contribution < 1.29 is 23.0 Å². The molecule has 1 unspecified atom stereocenters. The minimum absolute atomic E-state index is 0.0414. The molecule has 5 rings (SSSR count). The molecule has 1 atom stereocenters. The van der Waals surface area contributed by atoms with Crippen LogP contribution in [0.2, 0.25) is 10.0 Å². The van der Waals surface area contributed by atoms with Gasteiger partial charge in [-0.05, 0) is 96.1 Å². The summed E-state index contributed by atoms with van der Waals surface area (Å²) < 4.78 is 35.3. The molecule has 0 saturated carbocycles. The van der Waals surface area contributed by atoms with Crippen molar-refractivity contribution in [2.45, 2.75) is 19.1 Å². The fourth-order valence-electron chi connectivity index (χ4n) is 4.07. The maximum Gasteiger partial charge on any atom is 0.387 e. The molecule has 0 saturated heterocycles. The fraction of sp³-hybridized carbons (Fsp3) is 0.103. The number of nitrogens with zero attached hydrogens (tertiary/aromatic N) is 2. The SMILES string of the molecule is O=C(Nc1ccc(Oc2ccc(Cl)cc2)cc1)N1N=C(c2ccc(OC(F)F)cc2)CC1c1ccc(Cl)cc1. The summed E-state index contributed by atoms with van der Waals surface area (Å²) in [5, 5.41) is 10.0. The van der Waals surface area contributed by atoms with Crippen LogP contribution in [0.25, 0.3) is 0 Å². The van der Waals surface area contributed by atoms with Gasteiger partial charge in [-0.3, -0.25) is 0 Å². The van der Waals surface area contributed by atoms with E-state index in [0.717, 1.165) is 5.56 Å². The summed E-state index contributed by atoms with van der Waals surface area (Å²) in [6.45, 7) is -2.91. The van der Waals surface area contributed by atoms with E-state index in [9.17, 15) is 13.6 Å². The van der Waals surface area contributed by atoms with Crippen LogP contribution in [0.1, 0.15) is 23.6 Å². The normalized spacial score (nSPS) is 14.7. The average Bonchev–Trinajstić information content (AvgIpc) is 3.37. The number of urea groups is 1. The number of rotatable bonds is 7. The van der Waals surface area contributed by atoms with Gasteiger partial charge in [-0.1, -0.05) is 35.3 Å².